The Bertz CT molecular complexity index is 447. The summed E-state index contributed by atoms with van der Waals surface area (Å²) in [5.41, 5.74) is 1.07. The van der Waals surface area contributed by atoms with E-state index < -0.39 is 0 Å². The second-order valence-electron chi connectivity index (χ2n) is 6.01. The highest BCUT2D eigenvalue weighted by atomic mass is 79.9. The van der Waals surface area contributed by atoms with E-state index in [2.05, 4.69) is 58.8 Å². The molecule has 1 aliphatic heterocycles. The van der Waals surface area contributed by atoms with Crippen LogP contribution >= 0.6 is 15.9 Å². The highest BCUT2D eigenvalue weighted by molar-refractivity contribution is 9.10. The standard InChI is InChI=1S/C14H23BrN4/c1-5-16-12-10(15)11(14(2,3)4)17-13(18-12)19-8-6-7-9-19/h5-9H2,1-4H3,(H,16,17,18). The van der Waals surface area contributed by atoms with E-state index in [0.717, 1.165) is 41.6 Å². The second-order valence-corrected chi connectivity index (χ2v) is 6.80. The maximum atomic E-state index is 4.80. The zero-order valence-electron chi connectivity index (χ0n) is 12.3. The highest BCUT2D eigenvalue weighted by Crippen LogP contribution is 2.34. The maximum absolute atomic E-state index is 4.80. The van der Waals surface area contributed by atoms with Crippen LogP contribution in [0.5, 0.6) is 0 Å². The molecule has 0 atom stereocenters. The third-order valence-corrected chi connectivity index (χ3v) is 4.03. The fourth-order valence-corrected chi connectivity index (χ4v) is 3.19. The molecule has 4 nitrogen and oxygen atoms in total. The first-order valence-corrected chi connectivity index (χ1v) is 7.79. The van der Waals surface area contributed by atoms with Gasteiger partial charge in [-0.05, 0) is 35.7 Å². The number of rotatable bonds is 3. The molecule has 1 aliphatic rings. The van der Waals surface area contributed by atoms with Crippen LogP contribution < -0.4 is 10.2 Å². The molecule has 1 N–H and O–H groups in total. The van der Waals surface area contributed by atoms with Crippen LogP contribution in [0.15, 0.2) is 4.47 Å². The van der Waals surface area contributed by atoms with Gasteiger partial charge in [0, 0.05) is 25.0 Å². The Morgan fingerprint density at radius 2 is 1.84 bits per heavy atom. The van der Waals surface area contributed by atoms with E-state index in [-0.39, 0.29) is 5.41 Å². The molecule has 2 heterocycles. The van der Waals surface area contributed by atoms with E-state index in [9.17, 15) is 0 Å². The molecule has 0 spiro atoms. The van der Waals surface area contributed by atoms with Crippen LogP contribution in [0, 0.1) is 0 Å². The largest absolute Gasteiger partial charge is 0.369 e. The lowest BCUT2D eigenvalue weighted by molar-refractivity contribution is 0.562. The average molecular weight is 327 g/mol. The zero-order chi connectivity index (χ0) is 14.0. The molecule has 1 fully saturated rings. The first-order valence-electron chi connectivity index (χ1n) is 7.00. The minimum absolute atomic E-state index is 0.000416. The minimum Gasteiger partial charge on any atom is -0.369 e. The van der Waals surface area contributed by atoms with Crippen molar-refractivity contribution in [3.05, 3.63) is 10.2 Å². The van der Waals surface area contributed by atoms with Crippen molar-refractivity contribution in [2.75, 3.05) is 29.9 Å². The van der Waals surface area contributed by atoms with Crippen LogP contribution in [0.1, 0.15) is 46.2 Å². The Morgan fingerprint density at radius 3 is 2.37 bits per heavy atom. The third-order valence-electron chi connectivity index (χ3n) is 3.28. The predicted octanol–water partition coefficient (Wildman–Crippen LogP) is 3.57. The van der Waals surface area contributed by atoms with Crippen molar-refractivity contribution in [1.29, 1.82) is 0 Å². The summed E-state index contributed by atoms with van der Waals surface area (Å²) in [6.07, 6.45) is 2.47. The Morgan fingerprint density at radius 1 is 1.21 bits per heavy atom. The van der Waals surface area contributed by atoms with Crippen molar-refractivity contribution >= 4 is 27.7 Å². The van der Waals surface area contributed by atoms with Crippen LogP contribution in [-0.4, -0.2) is 29.6 Å². The van der Waals surface area contributed by atoms with Crippen LogP contribution in [0.25, 0.3) is 0 Å². The van der Waals surface area contributed by atoms with Gasteiger partial charge in [0.1, 0.15) is 5.82 Å². The second kappa shape index (κ2) is 5.65. The first-order chi connectivity index (χ1) is 8.93. The summed E-state index contributed by atoms with van der Waals surface area (Å²) < 4.78 is 0.991. The van der Waals surface area contributed by atoms with E-state index in [1.807, 2.05) is 0 Å². The summed E-state index contributed by atoms with van der Waals surface area (Å²) in [6, 6.07) is 0. The Labute approximate surface area is 124 Å². The molecular formula is C14H23BrN4. The third kappa shape index (κ3) is 3.19. The van der Waals surface area contributed by atoms with Crippen molar-refractivity contribution < 1.29 is 0 Å². The van der Waals surface area contributed by atoms with Crippen LogP contribution in [0.4, 0.5) is 11.8 Å². The van der Waals surface area contributed by atoms with E-state index in [4.69, 9.17) is 4.98 Å². The molecule has 1 aromatic heterocycles. The summed E-state index contributed by atoms with van der Waals surface area (Å²) >= 11 is 3.65. The lowest BCUT2D eigenvalue weighted by Gasteiger charge is -2.24. The molecule has 0 bridgehead atoms. The average Bonchev–Trinajstić information content (AvgIpc) is 2.84. The molecule has 5 heteroatoms. The Kier molecular flexibility index (Phi) is 4.33. The lowest BCUT2D eigenvalue weighted by Crippen LogP contribution is -2.24. The highest BCUT2D eigenvalue weighted by Gasteiger charge is 2.25. The van der Waals surface area contributed by atoms with Gasteiger partial charge in [0.25, 0.3) is 0 Å². The number of hydrogen-bond acceptors (Lipinski definition) is 4. The Balaban J connectivity index is 2.47. The van der Waals surface area contributed by atoms with E-state index in [0.29, 0.717) is 0 Å². The van der Waals surface area contributed by atoms with Crippen LogP contribution in [-0.2, 0) is 5.41 Å². The summed E-state index contributed by atoms with van der Waals surface area (Å²) in [6.45, 7) is 11.6. The van der Waals surface area contributed by atoms with Gasteiger partial charge >= 0.3 is 0 Å². The van der Waals surface area contributed by atoms with Gasteiger partial charge in [-0.1, -0.05) is 20.8 Å². The van der Waals surface area contributed by atoms with Crippen molar-refractivity contribution in [2.24, 2.45) is 0 Å². The van der Waals surface area contributed by atoms with Gasteiger partial charge in [0.05, 0.1) is 10.2 Å². The lowest BCUT2D eigenvalue weighted by atomic mass is 9.92. The fourth-order valence-electron chi connectivity index (χ4n) is 2.28. The maximum Gasteiger partial charge on any atom is 0.227 e. The fraction of sp³-hybridized carbons (Fsp3) is 0.714. The molecular weight excluding hydrogens is 304 g/mol. The van der Waals surface area contributed by atoms with Gasteiger partial charge in [0.15, 0.2) is 0 Å². The van der Waals surface area contributed by atoms with Gasteiger partial charge < -0.3 is 10.2 Å². The summed E-state index contributed by atoms with van der Waals surface area (Å²) in [4.78, 5) is 11.8. The van der Waals surface area contributed by atoms with E-state index >= 15 is 0 Å². The molecule has 19 heavy (non-hydrogen) atoms. The molecule has 0 saturated carbocycles. The van der Waals surface area contributed by atoms with Crippen molar-refractivity contribution in [3.8, 4) is 0 Å². The topological polar surface area (TPSA) is 41.1 Å². The van der Waals surface area contributed by atoms with Gasteiger partial charge in [-0.3, -0.25) is 0 Å². The SMILES string of the molecule is CCNc1nc(N2CCCC2)nc(C(C)(C)C)c1Br. The molecule has 2 rings (SSSR count). The van der Waals surface area contributed by atoms with Crippen molar-refractivity contribution in [1.82, 2.24) is 9.97 Å². The number of aromatic nitrogens is 2. The monoisotopic (exact) mass is 326 g/mol. The smallest absolute Gasteiger partial charge is 0.227 e. The molecule has 1 aromatic rings. The molecule has 0 radical (unpaired) electrons. The van der Waals surface area contributed by atoms with Crippen molar-refractivity contribution in [2.45, 2.75) is 46.0 Å². The Hall–Kier alpha value is -0.840. The zero-order valence-corrected chi connectivity index (χ0v) is 13.8. The number of nitrogens with one attached hydrogen (secondary N) is 1. The first kappa shape index (κ1) is 14.6. The molecule has 0 amide bonds. The summed E-state index contributed by atoms with van der Waals surface area (Å²) in [5.74, 6) is 1.77. The van der Waals surface area contributed by atoms with E-state index in [1.54, 1.807) is 0 Å². The number of halogens is 1. The molecule has 106 valence electrons. The van der Waals surface area contributed by atoms with Gasteiger partial charge in [-0.2, -0.15) is 4.98 Å². The van der Waals surface area contributed by atoms with Crippen LogP contribution in [0.2, 0.25) is 0 Å². The summed E-state index contributed by atoms with van der Waals surface area (Å²) in [5, 5.41) is 3.33. The van der Waals surface area contributed by atoms with Gasteiger partial charge in [-0.25, -0.2) is 4.98 Å². The van der Waals surface area contributed by atoms with E-state index in [1.165, 1.54) is 12.8 Å². The van der Waals surface area contributed by atoms with Gasteiger partial charge in [-0.15, -0.1) is 0 Å². The number of nitrogens with zero attached hydrogens (tertiary/aromatic N) is 3. The quantitative estimate of drug-likeness (QED) is 0.921. The molecule has 0 aliphatic carbocycles. The van der Waals surface area contributed by atoms with Crippen LogP contribution in [0.3, 0.4) is 0 Å². The normalized spacial score (nSPS) is 15.9. The predicted molar refractivity (Wildman–Crippen MR) is 84.0 cm³/mol. The number of hydrogen-bond donors (Lipinski definition) is 1. The van der Waals surface area contributed by atoms with Crippen molar-refractivity contribution in [3.63, 3.8) is 0 Å². The molecule has 0 unspecified atom stereocenters. The molecule has 1 saturated heterocycles. The summed E-state index contributed by atoms with van der Waals surface area (Å²) in [7, 11) is 0. The number of anilines is 2. The minimum atomic E-state index is 0.000416. The molecule has 0 aromatic carbocycles. The van der Waals surface area contributed by atoms with Gasteiger partial charge in [0.2, 0.25) is 5.95 Å².